The number of benzene rings is 1. The van der Waals surface area contributed by atoms with Gasteiger partial charge in [-0.3, -0.25) is 0 Å². The monoisotopic (exact) mass is 326 g/mol. The molecule has 1 aliphatic carbocycles. The summed E-state index contributed by atoms with van der Waals surface area (Å²) in [7, 11) is 3.34. The molecule has 1 aromatic heterocycles. The zero-order valence-electron chi connectivity index (χ0n) is 14.1. The molecule has 0 bridgehead atoms. The summed E-state index contributed by atoms with van der Waals surface area (Å²) in [6.45, 7) is 1.68. The largest absolute Gasteiger partial charge is 0.493 e. The predicted octanol–water partition coefficient (Wildman–Crippen LogP) is 2.63. The van der Waals surface area contributed by atoms with Gasteiger partial charge in [-0.05, 0) is 48.6 Å². The van der Waals surface area contributed by atoms with Crippen LogP contribution in [-0.2, 0) is 13.0 Å². The third-order valence-electron chi connectivity index (χ3n) is 4.57. The highest BCUT2D eigenvalue weighted by molar-refractivity contribution is 5.51. The molecule has 1 aliphatic heterocycles. The number of aromatic nitrogens is 2. The first-order valence-corrected chi connectivity index (χ1v) is 8.35. The van der Waals surface area contributed by atoms with Crippen molar-refractivity contribution in [1.29, 1.82) is 0 Å². The van der Waals surface area contributed by atoms with E-state index in [1.165, 1.54) is 24.0 Å². The Bertz CT molecular complexity index is 746. The molecule has 0 saturated heterocycles. The number of nitrogens with zero attached hydrogens (tertiary/aromatic N) is 3. The maximum atomic E-state index is 5.43. The molecular weight excluding hydrogens is 304 g/mol. The normalized spacial score (nSPS) is 16.5. The van der Waals surface area contributed by atoms with Crippen LogP contribution in [0.2, 0.25) is 0 Å². The van der Waals surface area contributed by atoms with Gasteiger partial charge in [0.1, 0.15) is 5.82 Å². The lowest BCUT2D eigenvalue weighted by Gasteiger charge is -2.29. The zero-order valence-corrected chi connectivity index (χ0v) is 14.1. The minimum atomic E-state index is 0.589. The number of nitrogens with one attached hydrogen (secondary N) is 1. The molecule has 0 unspecified atom stereocenters. The first-order valence-electron chi connectivity index (χ1n) is 8.35. The minimum Gasteiger partial charge on any atom is -0.493 e. The van der Waals surface area contributed by atoms with Crippen molar-refractivity contribution in [3.63, 3.8) is 0 Å². The zero-order chi connectivity index (χ0) is 16.5. The van der Waals surface area contributed by atoms with E-state index < -0.39 is 0 Å². The molecule has 0 radical (unpaired) electrons. The Hall–Kier alpha value is -2.50. The van der Waals surface area contributed by atoms with Crippen molar-refractivity contribution >= 4 is 11.8 Å². The van der Waals surface area contributed by atoms with E-state index in [9.17, 15) is 0 Å². The smallest absolute Gasteiger partial charge is 0.227 e. The van der Waals surface area contributed by atoms with Gasteiger partial charge in [-0.1, -0.05) is 0 Å². The highest BCUT2D eigenvalue weighted by Crippen LogP contribution is 2.34. The molecule has 1 fully saturated rings. The number of hydrogen-bond donors (Lipinski definition) is 1. The van der Waals surface area contributed by atoms with Crippen LogP contribution in [0.5, 0.6) is 11.5 Å². The van der Waals surface area contributed by atoms with Gasteiger partial charge in [0.05, 0.1) is 14.2 Å². The predicted molar refractivity (Wildman–Crippen MR) is 93.0 cm³/mol. The Balaban J connectivity index is 1.57. The average Bonchev–Trinajstić information content (AvgIpc) is 3.44. The molecule has 0 atom stereocenters. The first-order chi connectivity index (χ1) is 11.8. The molecule has 1 saturated carbocycles. The lowest BCUT2D eigenvalue weighted by molar-refractivity contribution is 0.353. The quantitative estimate of drug-likeness (QED) is 0.911. The second-order valence-electron chi connectivity index (χ2n) is 6.31. The van der Waals surface area contributed by atoms with Crippen LogP contribution in [0.4, 0.5) is 11.8 Å². The van der Waals surface area contributed by atoms with Crippen LogP contribution in [0.1, 0.15) is 24.0 Å². The Morgan fingerprint density at radius 3 is 2.58 bits per heavy atom. The summed E-state index contributed by atoms with van der Waals surface area (Å²) >= 11 is 0. The van der Waals surface area contributed by atoms with Gasteiger partial charge < -0.3 is 19.7 Å². The fourth-order valence-corrected chi connectivity index (χ4v) is 3.07. The highest BCUT2D eigenvalue weighted by Gasteiger charge is 2.23. The third kappa shape index (κ3) is 2.96. The van der Waals surface area contributed by atoms with Crippen molar-refractivity contribution in [2.45, 2.75) is 31.8 Å². The highest BCUT2D eigenvalue weighted by atomic mass is 16.5. The Morgan fingerprint density at radius 2 is 1.88 bits per heavy atom. The summed E-state index contributed by atoms with van der Waals surface area (Å²) in [6, 6.07) is 6.67. The molecule has 1 aromatic carbocycles. The fourth-order valence-electron chi connectivity index (χ4n) is 3.07. The summed E-state index contributed by atoms with van der Waals surface area (Å²) in [5, 5.41) is 3.43. The second kappa shape index (κ2) is 6.19. The standard InChI is InChI=1S/C18H22N4O2/c1-23-15-9-12-6-8-22(11-13(12)10-16(15)24-2)18-19-7-5-17(21-18)20-14-3-4-14/h5,7,9-10,14H,3-4,6,8,11H2,1-2H3,(H,19,20,21). The lowest BCUT2D eigenvalue weighted by Crippen LogP contribution is -2.32. The fraction of sp³-hybridized carbons (Fsp3) is 0.444. The van der Waals surface area contributed by atoms with E-state index in [0.29, 0.717) is 6.04 Å². The van der Waals surface area contributed by atoms with Gasteiger partial charge >= 0.3 is 0 Å². The molecule has 24 heavy (non-hydrogen) atoms. The van der Waals surface area contributed by atoms with E-state index in [0.717, 1.165) is 42.8 Å². The molecule has 2 aromatic rings. The molecular formula is C18H22N4O2. The van der Waals surface area contributed by atoms with Crippen LogP contribution in [0.3, 0.4) is 0 Å². The van der Waals surface area contributed by atoms with E-state index in [1.807, 2.05) is 12.3 Å². The topological polar surface area (TPSA) is 59.5 Å². The minimum absolute atomic E-state index is 0.589. The van der Waals surface area contributed by atoms with Crippen molar-refractivity contribution < 1.29 is 9.47 Å². The third-order valence-corrected chi connectivity index (χ3v) is 4.57. The molecule has 2 heterocycles. The average molecular weight is 326 g/mol. The number of anilines is 2. The maximum Gasteiger partial charge on any atom is 0.227 e. The van der Waals surface area contributed by atoms with Gasteiger partial charge in [0.15, 0.2) is 11.5 Å². The number of methoxy groups -OCH3 is 2. The first kappa shape index (κ1) is 15.1. The molecule has 126 valence electrons. The SMILES string of the molecule is COc1cc2c(cc1OC)CN(c1nccc(NC3CC3)n1)CC2. The molecule has 0 spiro atoms. The molecule has 0 amide bonds. The number of ether oxygens (including phenoxy) is 2. The van der Waals surface area contributed by atoms with Crippen LogP contribution in [0.25, 0.3) is 0 Å². The van der Waals surface area contributed by atoms with Crippen molar-refractivity contribution in [3.8, 4) is 11.5 Å². The molecule has 1 N–H and O–H groups in total. The van der Waals surface area contributed by atoms with Crippen LogP contribution < -0.4 is 19.7 Å². The maximum absolute atomic E-state index is 5.43. The van der Waals surface area contributed by atoms with Crippen molar-refractivity contribution in [2.24, 2.45) is 0 Å². The molecule has 4 rings (SSSR count). The van der Waals surface area contributed by atoms with Crippen LogP contribution >= 0.6 is 0 Å². The van der Waals surface area contributed by atoms with E-state index in [2.05, 4.69) is 32.3 Å². The van der Waals surface area contributed by atoms with Gasteiger partial charge in [-0.2, -0.15) is 4.98 Å². The van der Waals surface area contributed by atoms with E-state index in [1.54, 1.807) is 14.2 Å². The van der Waals surface area contributed by atoms with Crippen molar-refractivity contribution in [1.82, 2.24) is 9.97 Å². The number of hydrogen-bond acceptors (Lipinski definition) is 6. The van der Waals surface area contributed by atoms with Gasteiger partial charge in [0.2, 0.25) is 5.95 Å². The lowest BCUT2D eigenvalue weighted by atomic mass is 9.99. The van der Waals surface area contributed by atoms with Crippen molar-refractivity contribution in [3.05, 3.63) is 35.5 Å². The molecule has 6 heteroatoms. The van der Waals surface area contributed by atoms with E-state index in [4.69, 9.17) is 9.47 Å². The van der Waals surface area contributed by atoms with E-state index >= 15 is 0 Å². The molecule has 2 aliphatic rings. The summed E-state index contributed by atoms with van der Waals surface area (Å²) in [6.07, 6.45) is 5.24. The molecule has 6 nitrogen and oxygen atoms in total. The number of fused-ring (bicyclic) bond motifs is 1. The van der Waals surface area contributed by atoms with Gasteiger partial charge in [-0.25, -0.2) is 4.98 Å². The van der Waals surface area contributed by atoms with Crippen LogP contribution in [0, 0.1) is 0 Å². The Kier molecular flexibility index (Phi) is 3.88. The Labute approximate surface area is 141 Å². The van der Waals surface area contributed by atoms with Gasteiger partial charge in [0, 0.05) is 25.3 Å². The summed E-state index contributed by atoms with van der Waals surface area (Å²) < 4.78 is 10.8. The van der Waals surface area contributed by atoms with Crippen molar-refractivity contribution in [2.75, 3.05) is 31.0 Å². The van der Waals surface area contributed by atoms with Crippen LogP contribution in [0.15, 0.2) is 24.4 Å². The van der Waals surface area contributed by atoms with E-state index in [-0.39, 0.29) is 0 Å². The Morgan fingerprint density at radius 1 is 1.12 bits per heavy atom. The van der Waals surface area contributed by atoms with Crippen LogP contribution in [-0.4, -0.2) is 36.8 Å². The second-order valence-corrected chi connectivity index (χ2v) is 6.31. The summed E-state index contributed by atoms with van der Waals surface area (Å²) in [4.78, 5) is 11.3. The van der Waals surface area contributed by atoms with Gasteiger partial charge in [0.25, 0.3) is 0 Å². The summed E-state index contributed by atoms with van der Waals surface area (Å²) in [5.41, 5.74) is 2.54. The van der Waals surface area contributed by atoms with Gasteiger partial charge in [-0.15, -0.1) is 0 Å². The number of rotatable bonds is 5. The summed E-state index contributed by atoms with van der Waals surface area (Å²) in [5.74, 6) is 3.25.